The van der Waals surface area contributed by atoms with Gasteiger partial charge in [-0.25, -0.2) is 13.2 Å². The molecule has 0 heterocycles. The summed E-state index contributed by atoms with van der Waals surface area (Å²) in [5, 5.41) is 7.43. The van der Waals surface area contributed by atoms with E-state index in [4.69, 9.17) is 10.8 Å². The number of hydrogen-bond acceptors (Lipinski definition) is 6. The van der Waals surface area contributed by atoms with Crippen molar-refractivity contribution in [2.45, 2.75) is 12.2 Å². The number of nitrogens with zero attached hydrogens (tertiary/aromatic N) is 1. The number of carbonyl (C=O) groups is 2. The SMILES string of the molecule is COC(=O)C(C)S(=O)(=O)N(C)c1ccc(C(=O)O)cc1N. The van der Waals surface area contributed by atoms with Gasteiger partial charge in [-0.2, -0.15) is 0 Å². The van der Waals surface area contributed by atoms with E-state index in [-0.39, 0.29) is 16.9 Å². The van der Waals surface area contributed by atoms with Crippen LogP contribution >= 0.6 is 0 Å². The summed E-state index contributed by atoms with van der Waals surface area (Å²) < 4.78 is 29.8. The van der Waals surface area contributed by atoms with E-state index in [0.717, 1.165) is 17.5 Å². The monoisotopic (exact) mass is 316 g/mol. The standard InChI is InChI=1S/C12H16N2O6S/c1-7(12(17)20-3)21(18,19)14(2)10-5-4-8(11(15)16)6-9(10)13/h4-7H,13H2,1-3H3,(H,15,16). The second-order valence-corrected chi connectivity index (χ2v) is 6.54. The Hall–Kier alpha value is -2.29. The molecule has 1 aromatic rings. The summed E-state index contributed by atoms with van der Waals surface area (Å²) in [5.41, 5.74) is 5.66. The quantitative estimate of drug-likeness (QED) is 0.590. The molecule has 3 N–H and O–H groups in total. The highest BCUT2D eigenvalue weighted by molar-refractivity contribution is 7.94. The van der Waals surface area contributed by atoms with Crippen LogP contribution in [-0.4, -0.2) is 44.9 Å². The number of aromatic carboxylic acids is 1. The van der Waals surface area contributed by atoms with Crippen LogP contribution in [0.5, 0.6) is 0 Å². The Balaban J connectivity index is 3.22. The number of methoxy groups -OCH3 is 1. The summed E-state index contributed by atoms with van der Waals surface area (Å²) in [6, 6.07) is 3.63. The van der Waals surface area contributed by atoms with Crippen molar-refractivity contribution in [3.8, 4) is 0 Å². The molecule has 116 valence electrons. The lowest BCUT2D eigenvalue weighted by atomic mass is 10.2. The van der Waals surface area contributed by atoms with Gasteiger partial charge in [-0.05, 0) is 25.1 Å². The van der Waals surface area contributed by atoms with Gasteiger partial charge < -0.3 is 15.6 Å². The van der Waals surface area contributed by atoms with E-state index in [2.05, 4.69) is 4.74 Å². The summed E-state index contributed by atoms with van der Waals surface area (Å²) in [6.07, 6.45) is 0. The average molecular weight is 316 g/mol. The summed E-state index contributed by atoms with van der Waals surface area (Å²) >= 11 is 0. The third-order valence-electron chi connectivity index (χ3n) is 2.98. The van der Waals surface area contributed by atoms with E-state index in [1.54, 1.807) is 0 Å². The van der Waals surface area contributed by atoms with Crippen molar-refractivity contribution in [1.82, 2.24) is 0 Å². The maximum Gasteiger partial charge on any atom is 0.335 e. The molecule has 0 aliphatic carbocycles. The Bertz CT molecular complexity index is 670. The van der Waals surface area contributed by atoms with Gasteiger partial charge in [-0.3, -0.25) is 9.10 Å². The highest BCUT2D eigenvalue weighted by Crippen LogP contribution is 2.27. The van der Waals surface area contributed by atoms with Gasteiger partial charge >= 0.3 is 11.9 Å². The second kappa shape index (κ2) is 6.00. The number of hydrogen-bond donors (Lipinski definition) is 2. The van der Waals surface area contributed by atoms with Crippen LogP contribution in [0.4, 0.5) is 11.4 Å². The van der Waals surface area contributed by atoms with Crippen molar-refractivity contribution >= 4 is 33.3 Å². The number of sulfonamides is 1. The van der Waals surface area contributed by atoms with Gasteiger partial charge in [0.05, 0.1) is 24.0 Å². The molecule has 0 aliphatic rings. The normalized spacial score (nSPS) is 12.5. The first kappa shape index (κ1) is 16.8. The number of rotatable bonds is 5. The van der Waals surface area contributed by atoms with Crippen LogP contribution in [-0.2, 0) is 19.6 Å². The van der Waals surface area contributed by atoms with Crippen LogP contribution < -0.4 is 10.0 Å². The molecular formula is C12H16N2O6S. The molecular weight excluding hydrogens is 300 g/mol. The zero-order chi connectivity index (χ0) is 16.4. The van der Waals surface area contributed by atoms with Crippen molar-refractivity contribution in [3.05, 3.63) is 23.8 Å². The van der Waals surface area contributed by atoms with Crippen molar-refractivity contribution in [2.75, 3.05) is 24.2 Å². The van der Waals surface area contributed by atoms with E-state index in [1.807, 2.05) is 0 Å². The number of esters is 1. The van der Waals surface area contributed by atoms with Gasteiger partial charge in [0.25, 0.3) is 0 Å². The number of ether oxygens (including phenoxy) is 1. The van der Waals surface area contributed by atoms with Gasteiger partial charge in [0, 0.05) is 7.05 Å². The largest absolute Gasteiger partial charge is 0.478 e. The molecule has 0 bridgehead atoms. The van der Waals surface area contributed by atoms with Gasteiger partial charge in [0.1, 0.15) is 0 Å². The first-order chi connectivity index (χ1) is 9.62. The molecule has 0 fully saturated rings. The van der Waals surface area contributed by atoms with Gasteiger partial charge in [0.2, 0.25) is 10.0 Å². The minimum Gasteiger partial charge on any atom is -0.478 e. The van der Waals surface area contributed by atoms with Gasteiger partial charge in [-0.15, -0.1) is 0 Å². The average Bonchev–Trinajstić information content (AvgIpc) is 2.44. The number of carboxylic acid groups (broad SMARTS) is 1. The van der Waals surface area contributed by atoms with Crippen molar-refractivity contribution < 1.29 is 27.9 Å². The first-order valence-electron chi connectivity index (χ1n) is 5.81. The summed E-state index contributed by atoms with van der Waals surface area (Å²) in [7, 11) is -1.72. The predicted molar refractivity (Wildman–Crippen MR) is 76.6 cm³/mol. The zero-order valence-corrected chi connectivity index (χ0v) is 12.5. The van der Waals surface area contributed by atoms with E-state index in [1.165, 1.54) is 26.1 Å². The van der Waals surface area contributed by atoms with Crippen LogP contribution in [0.15, 0.2) is 18.2 Å². The maximum absolute atomic E-state index is 12.3. The van der Waals surface area contributed by atoms with Gasteiger partial charge in [-0.1, -0.05) is 0 Å². The minimum atomic E-state index is -4.03. The second-order valence-electron chi connectivity index (χ2n) is 4.26. The Labute approximate surface area is 122 Å². The van der Waals surface area contributed by atoms with Crippen LogP contribution in [0, 0.1) is 0 Å². The number of nitrogen functional groups attached to an aromatic ring is 1. The molecule has 9 heteroatoms. The maximum atomic E-state index is 12.3. The van der Waals surface area contributed by atoms with Crippen LogP contribution in [0.25, 0.3) is 0 Å². The fourth-order valence-corrected chi connectivity index (χ4v) is 2.89. The van der Waals surface area contributed by atoms with E-state index < -0.39 is 27.2 Å². The number of nitrogens with two attached hydrogens (primary N) is 1. The Morgan fingerprint density at radius 2 is 1.95 bits per heavy atom. The zero-order valence-electron chi connectivity index (χ0n) is 11.7. The molecule has 1 unspecified atom stereocenters. The summed E-state index contributed by atoms with van der Waals surface area (Å²) in [4.78, 5) is 22.2. The molecule has 21 heavy (non-hydrogen) atoms. The van der Waals surface area contributed by atoms with Crippen molar-refractivity contribution in [2.24, 2.45) is 0 Å². The van der Waals surface area contributed by atoms with Crippen LogP contribution in [0.1, 0.15) is 17.3 Å². The molecule has 0 saturated heterocycles. The van der Waals surface area contributed by atoms with E-state index in [0.29, 0.717) is 0 Å². The van der Waals surface area contributed by atoms with E-state index >= 15 is 0 Å². The Kier molecular flexibility index (Phi) is 4.79. The Morgan fingerprint density at radius 1 is 1.38 bits per heavy atom. The topological polar surface area (TPSA) is 127 Å². The van der Waals surface area contributed by atoms with Crippen LogP contribution in [0.3, 0.4) is 0 Å². The molecule has 0 saturated carbocycles. The van der Waals surface area contributed by atoms with E-state index in [9.17, 15) is 18.0 Å². The smallest absolute Gasteiger partial charge is 0.335 e. The first-order valence-corrected chi connectivity index (χ1v) is 7.31. The molecule has 1 atom stereocenters. The van der Waals surface area contributed by atoms with Gasteiger partial charge in [0.15, 0.2) is 5.25 Å². The lowest BCUT2D eigenvalue weighted by Crippen LogP contribution is -2.39. The minimum absolute atomic E-state index is 0.0296. The molecule has 0 amide bonds. The highest BCUT2D eigenvalue weighted by Gasteiger charge is 2.33. The van der Waals surface area contributed by atoms with Crippen molar-refractivity contribution in [3.63, 3.8) is 0 Å². The predicted octanol–water partition coefficient (Wildman–Crippen LogP) is 0.295. The van der Waals surface area contributed by atoms with Crippen molar-refractivity contribution in [1.29, 1.82) is 0 Å². The molecule has 1 aromatic carbocycles. The third-order valence-corrected chi connectivity index (χ3v) is 5.02. The number of carboxylic acids is 1. The summed E-state index contributed by atoms with van der Waals surface area (Å²) in [6.45, 7) is 1.19. The lowest BCUT2D eigenvalue weighted by molar-refractivity contribution is -0.139. The molecule has 0 radical (unpaired) electrons. The lowest BCUT2D eigenvalue weighted by Gasteiger charge is -2.23. The number of benzene rings is 1. The van der Waals surface area contributed by atoms with Crippen LogP contribution in [0.2, 0.25) is 0 Å². The fourth-order valence-electron chi connectivity index (χ4n) is 1.64. The molecule has 1 rings (SSSR count). The molecule has 0 aliphatic heterocycles. The Morgan fingerprint density at radius 3 is 2.38 bits per heavy atom. The molecule has 0 spiro atoms. The molecule has 8 nitrogen and oxygen atoms in total. The summed E-state index contributed by atoms with van der Waals surface area (Å²) in [5.74, 6) is -2.08. The fraction of sp³-hybridized carbons (Fsp3) is 0.333. The highest BCUT2D eigenvalue weighted by atomic mass is 32.2. The molecule has 0 aromatic heterocycles. The number of anilines is 2. The number of carbonyl (C=O) groups excluding carboxylic acids is 1. The third kappa shape index (κ3) is 3.24.